The van der Waals surface area contributed by atoms with Crippen molar-refractivity contribution < 1.29 is 49.5 Å². The Labute approximate surface area is 220 Å². The Bertz CT molecular complexity index is 1220. The molecule has 0 saturated heterocycles. The van der Waals surface area contributed by atoms with Crippen LogP contribution in [0.4, 0.5) is 0 Å². The summed E-state index contributed by atoms with van der Waals surface area (Å²) >= 11 is 1.58. The molecular formula is C27H26Cl2NSiZr. The molecule has 1 atom stereocenters. The van der Waals surface area contributed by atoms with Crippen molar-refractivity contribution in [3.63, 3.8) is 0 Å². The van der Waals surface area contributed by atoms with Crippen LogP contribution in [0.5, 0.6) is 0 Å². The molecule has 161 valence electrons. The van der Waals surface area contributed by atoms with Crippen molar-refractivity contribution in [2.45, 2.75) is 37.0 Å². The van der Waals surface area contributed by atoms with Gasteiger partial charge in [-0.25, -0.2) is 0 Å². The fourth-order valence-electron chi connectivity index (χ4n) is 5.11. The van der Waals surface area contributed by atoms with Crippen molar-refractivity contribution in [1.82, 2.24) is 0 Å². The second-order valence-corrected chi connectivity index (χ2v) is 14.6. The maximum atomic E-state index is 4.67. The van der Waals surface area contributed by atoms with Crippen LogP contribution < -0.4 is 24.8 Å². The number of rotatable bonds is 2. The van der Waals surface area contributed by atoms with Gasteiger partial charge in [0.2, 0.25) is 0 Å². The summed E-state index contributed by atoms with van der Waals surface area (Å²) in [6.45, 7) is 9.32. The fraction of sp³-hybridized carbons (Fsp3) is 0.222. The number of nitrogens with zero attached hydrogens (tertiary/aromatic N) is 1. The van der Waals surface area contributed by atoms with Crippen LogP contribution in [0.15, 0.2) is 92.9 Å². The van der Waals surface area contributed by atoms with E-state index in [4.69, 9.17) is 0 Å². The van der Waals surface area contributed by atoms with Crippen LogP contribution in [0.25, 0.3) is 17.2 Å². The van der Waals surface area contributed by atoms with Crippen LogP contribution in [0.1, 0.15) is 35.0 Å². The summed E-state index contributed by atoms with van der Waals surface area (Å²) in [5.74, 6) is 0. The first-order valence-corrected chi connectivity index (χ1v) is 15.2. The Morgan fingerprint density at radius 2 is 1.69 bits per heavy atom. The Morgan fingerprint density at radius 1 is 0.969 bits per heavy atom. The van der Waals surface area contributed by atoms with E-state index in [9.17, 15) is 0 Å². The fourth-order valence-corrected chi connectivity index (χ4v) is 9.24. The molecule has 2 aromatic rings. The average Bonchev–Trinajstić information content (AvgIpc) is 3.38. The summed E-state index contributed by atoms with van der Waals surface area (Å²) in [5.41, 5.74) is 11.2. The molecule has 0 saturated carbocycles. The van der Waals surface area contributed by atoms with Gasteiger partial charge in [-0.05, 0) is 22.9 Å². The SMILES string of the molecule is CC1=Cc2c(-c3ccccc3)cccc2[CH]1[Zr+2].CCC1=NC2=CC=C3C2=C1[Si]3(C)C.[Cl-].[Cl-]. The Kier molecular flexibility index (Phi) is 7.57. The number of benzene rings is 2. The van der Waals surface area contributed by atoms with Gasteiger partial charge in [-0.3, -0.25) is 4.99 Å². The van der Waals surface area contributed by atoms with Gasteiger partial charge < -0.3 is 24.8 Å². The maximum absolute atomic E-state index is 4.67. The molecule has 1 nitrogen and oxygen atoms in total. The predicted molar refractivity (Wildman–Crippen MR) is 127 cm³/mol. The van der Waals surface area contributed by atoms with E-state index in [2.05, 4.69) is 98.7 Å². The van der Waals surface area contributed by atoms with Crippen LogP contribution in [-0.2, 0) is 24.7 Å². The molecule has 0 radical (unpaired) electrons. The van der Waals surface area contributed by atoms with Gasteiger partial charge in [-0.1, -0.05) is 26.1 Å². The molecule has 1 unspecified atom stereocenters. The van der Waals surface area contributed by atoms with Crippen molar-refractivity contribution in [3.8, 4) is 11.1 Å². The van der Waals surface area contributed by atoms with E-state index in [1.54, 1.807) is 35.1 Å². The predicted octanol–water partition coefficient (Wildman–Crippen LogP) is 1.14. The summed E-state index contributed by atoms with van der Waals surface area (Å²) in [5, 5.41) is 3.27. The molecule has 0 N–H and O–H groups in total. The zero-order valence-corrected chi connectivity index (χ0v) is 23.8. The number of hydrogen-bond acceptors (Lipinski definition) is 1. The van der Waals surface area contributed by atoms with E-state index in [0.29, 0.717) is 3.63 Å². The zero-order chi connectivity index (χ0) is 21.0. The van der Waals surface area contributed by atoms with Crippen molar-refractivity contribution in [2.75, 3.05) is 0 Å². The molecule has 2 aromatic carbocycles. The van der Waals surface area contributed by atoms with Gasteiger partial charge in [0.15, 0.2) is 0 Å². The quantitative estimate of drug-likeness (QED) is 0.494. The number of hydrogen-bond donors (Lipinski definition) is 0. The molecule has 4 aliphatic rings. The molecule has 0 aromatic heterocycles. The molecular weight excluding hydrogens is 529 g/mol. The van der Waals surface area contributed by atoms with Crippen LogP contribution in [-0.4, -0.2) is 13.8 Å². The summed E-state index contributed by atoms with van der Waals surface area (Å²) < 4.78 is 0.654. The van der Waals surface area contributed by atoms with E-state index >= 15 is 0 Å². The third-order valence-electron chi connectivity index (χ3n) is 6.72. The van der Waals surface area contributed by atoms with E-state index in [1.165, 1.54) is 44.8 Å². The monoisotopic (exact) mass is 552 g/mol. The topological polar surface area (TPSA) is 12.4 Å². The first kappa shape index (κ1) is 25.4. The second-order valence-electron chi connectivity index (χ2n) is 8.92. The van der Waals surface area contributed by atoms with Crippen LogP contribution in [0, 0.1) is 0 Å². The number of allylic oxidation sites excluding steroid dienone is 5. The van der Waals surface area contributed by atoms with Crippen LogP contribution in [0.2, 0.25) is 13.1 Å². The van der Waals surface area contributed by atoms with E-state index < -0.39 is 8.07 Å². The molecule has 0 bridgehead atoms. The number of halogens is 2. The number of fused-ring (bicyclic) bond motifs is 1. The zero-order valence-electron chi connectivity index (χ0n) is 18.8. The van der Waals surface area contributed by atoms with Gasteiger partial charge in [0.05, 0.1) is 5.70 Å². The van der Waals surface area contributed by atoms with Crippen molar-refractivity contribution in [3.05, 3.63) is 99.0 Å². The van der Waals surface area contributed by atoms with Crippen molar-refractivity contribution in [1.29, 1.82) is 0 Å². The number of aliphatic imine (C=N–C) groups is 1. The first-order chi connectivity index (χ1) is 14.4. The molecule has 32 heavy (non-hydrogen) atoms. The van der Waals surface area contributed by atoms with Gasteiger partial charge >= 0.3 is 118 Å². The van der Waals surface area contributed by atoms with E-state index in [0.717, 1.165) is 6.42 Å². The van der Waals surface area contributed by atoms with Crippen LogP contribution >= 0.6 is 0 Å². The molecule has 6 rings (SSSR count). The van der Waals surface area contributed by atoms with Crippen molar-refractivity contribution in [2.24, 2.45) is 4.99 Å². The van der Waals surface area contributed by atoms with Crippen LogP contribution in [0.3, 0.4) is 0 Å². The molecule has 0 spiro atoms. The minimum Gasteiger partial charge on any atom is -1.00 e. The maximum Gasteiger partial charge on any atom is 0.116 e. The van der Waals surface area contributed by atoms with Gasteiger partial charge in [-0.2, -0.15) is 0 Å². The summed E-state index contributed by atoms with van der Waals surface area (Å²) in [7, 11) is -1.19. The minimum atomic E-state index is -1.19. The third kappa shape index (κ3) is 3.86. The first-order valence-electron chi connectivity index (χ1n) is 10.8. The van der Waals surface area contributed by atoms with E-state index in [-0.39, 0.29) is 24.8 Å². The summed E-state index contributed by atoms with van der Waals surface area (Å²) in [6.07, 6.45) is 7.93. The molecule has 0 fully saturated rings. The Balaban J connectivity index is 0.000000175. The average molecular weight is 555 g/mol. The Morgan fingerprint density at radius 3 is 2.38 bits per heavy atom. The summed E-state index contributed by atoms with van der Waals surface area (Å²) in [4.78, 5) is 4.67. The normalized spacial score (nSPS) is 20.2. The van der Waals surface area contributed by atoms with E-state index in [1.807, 2.05) is 0 Å². The molecule has 2 heterocycles. The summed E-state index contributed by atoms with van der Waals surface area (Å²) in [6, 6.07) is 17.3. The van der Waals surface area contributed by atoms with Gasteiger partial charge in [0.25, 0.3) is 0 Å². The molecule has 5 heteroatoms. The van der Waals surface area contributed by atoms with Crippen molar-refractivity contribution >= 4 is 19.9 Å². The molecule has 2 aliphatic heterocycles. The largest absolute Gasteiger partial charge is 1.00 e. The van der Waals surface area contributed by atoms with Gasteiger partial charge in [0, 0.05) is 11.3 Å². The third-order valence-corrected chi connectivity index (χ3v) is 12.2. The Hall–Kier alpha value is -1.25. The van der Waals surface area contributed by atoms with Gasteiger partial charge in [-0.15, -0.1) is 0 Å². The molecule has 0 amide bonds. The smallest absolute Gasteiger partial charge is 0.116 e. The second kappa shape index (κ2) is 9.55. The molecule has 2 aliphatic carbocycles. The minimum absolute atomic E-state index is 0. The standard InChI is InChI=1S/C16H13.C11H13NSi.2ClH.Zr/c1-12-10-14-8-5-9-15(16(14)11-12)13-6-3-2-4-7-13;1-4-7-11-10-8(12-7)5-6-9(10)13(11,2)3;;;/h2-11H,1H3;5-6H,4H2,1-3H3;2*1H;/q;;;;+2/p-2. The van der Waals surface area contributed by atoms with Gasteiger partial charge in [0.1, 0.15) is 8.07 Å².